The van der Waals surface area contributed by atoms with Crippen LogP contribution in [-0.2, 0) is 0 Å². The first-order chi connectivity index (χ1) is 9.24. The Labute approximate surface area is 111 Å². The van der Waals surface area contributed by atoms with E-state index in [9.17, 15) is 8.78 Å². The van der Waals surface area contributed by atoms with Crippen molar-refractivity contribution in [2.24, 2.45) is 5.92 Å². The van der Waals surface area contributed by atoms with E-state index in [0.717, 1.165) is 32.1 Å². The smallest absolute Gasteiger partial charge is 0.204 e. The van der Waals surface area contributed by atoms with Crippen LogP contribution in [0.25, 0.3) is 0 Å². The molecule has 0 spiro atoms. The summed E-state index contributed by atoms with van der Waals surface area (Å²) >= 11 is 0. The number of hydrogen-bond donors (Lipinski definition) is 0. The largest absolute Gasteiger partial charge is 0.490 e. The van der Waals surface area contributed by atoms with Crippen molar-refractivity contribution in [1.82, 2.24) is 0 Å². The predicted octanol–water partition coefficient (Wildman–Crippen LogP) is 4.08. The lowest BCUT2D eigenvalue weighted by atomic mass is 9.86. The zero-order chi connectivity index (χ0) is 13.2. The van der Waals surface area contributed by atoms with E-state index in [4.69, 9.17) is 9.47 Å². The molecule has 2 saturated carbocycles. The third kappa shape index (κ3) is 2.67. The number of rotatable bonds is 5. The first kappa shape index (κ1) is 12.7. The Kier molecular flexibility index (Phi) is 3.58. The average molecular weight is 268 g/mol. The SMILES string of the molecule is Fc1c(OCC2CCC2)ccc(OC2CCC2)c1F. The summed E-state index contributed by atoms with van der Waals surface area (Å²) < 4.78 is 38.4. The van der Waals surface area contributed by atoms with Gasteiger partial charge >= 0.3 is 0 Å². The molecule has 0 atom stereocenters. The van der Waals surface area contributed by atoms with Gasteiger partial charge in [0.2, 0.25) is 11.6 Å². The van der Waals surface area contributed by atoms with Crippen molar-refractivity contribution in [3.63, 3.8) is 0 Å². The van der Waals surface area contributed by atoms with Gasteiger partial charge in [0.25, 0.3) is 0 Å². The second kappa shape index (κ2) is 5.35. The topological polar surface area (TPSA) is 18.5 Å². The summed E-state index contributed by atoms with van der Waals surface area (Å²) in [7, 11) is 0. The fourth-order valence-electron chi connectivity index (χ4n) is 2.25. The molecule has 0 saturated heterocycles. The van der Waals surface area contributed by atoms with Crippen molar-refractivity contribution in [2.45, 2.75) is 44.6 Å². The van der Waals surface area contributed by atoms with Gasteiger partial charge in [-0.3, -0.25) is 0 Å². The van der Waals surface area contributed by atoms with Crippen LogP contribution >= 0.6 is 0 Å². The van der Waals surface area contributed by atoms with E-state index in [1.807, 2.05) is 0 Å². The monoisotopic (exact) mass is 268 g/mol. The molecule has 2 fully saturated rings. The summed E-state index contributed by atoms with van der Waals surface area (Å²) in [5.41, 5.74) is 0. The first-order valence-corrected chi connectivity index (χ1v) is 7.01. The summed E-state index contributed by atoms with van der Waals surface area (Å²) in [5.74, 6) is -1.38. The van der Waals surface area contributed by atoms with E-state index in [1.165, 1.54) is 18.6 Å². The number of hydrogen-bond acceptors (Lipinski definition) is 2. The first-order valence-electron chi connectivity index (χ1n) is 7.01. The third-order valence-electron chi connectivity index (χ3n) is 4.06. The Balaban J connectivity index is 1.65. The second-order valence-electron chi connectivity index (χ2n) is 5.47. The molecule has 0 radical (unpaired) electrons. The quantitative estimate of drug-likeness (QED) is 0.801. The average Bonchev–Trinajstić information content (AvgIpc) is 2.29. The molecule has 0 heterocycles. The molecule has 0 aliphatic heterocycles. The van der Waals surface area contributed by atoms with E-state index in [1.54, 1.807) is 0 Å². The highest BCUT2D eigenvalue weighted by atomic mass is 19.2. The Morgan fingerprint density at radius 2 is 1.58 bits per heavy atom. The number of halogens is 2. The Morgan fingerprint density at radius 3 is 2.16 bits per heavy atom. The van der Waals surface area contributed by atoms with Crippen molar-refractivity contribution < 1.29 is 18.3 Å². The van der Waals surface area contributed by atoms with Gasteiger partial charge in [0, 0.05) is 0 Å². The van der Waals surface area contributed by atoms with Crippen molar-refractivity contribution in [3.8, 4) is 11.5 Å². The van der Waals surface area contributed by atoms with Crippen LogP contribution in [0.1, 0.15) is 38.5 Å². The zero-order valence-electron chi connectivity index (χ0n) is 10.8. The molecule has 1 aromatic rings. The fourth-order valence-corrected chi connectivity index (χ4v) is 2.25. The van der Waals surface area contributed by atoms with E-state index in [0.29, 0.717) is 12.5 Å². The van der Waals surface area contributed by atoms with Gasteiger partial charge < -0.3 is 9.47 Å². The normalized spacial score (nSPS) is 19.7. The van der Waals surface area contributed by atoms with Gasteiger partial charge in [-0.15, -0.1) is 0 Å². The maximum atomic E-state index is 13.8. The molecule has 2 aliphatic carbocycles. The summed E-state index contributed by atoms with van der Waals surface area (Å²) in [6.45, 7) is 0.471. The van der Waals surface area contributed by atoms with E-state index in [2.05, 4.69) is 0 Å². The van der Waals surface area contributed by atoms with Crippen molar-refractivity contribution >= 4 is 0 Å². The van der Waals surface area contributed by atoms with Gasteiger partial charge in [-0.25, -0.2) is 0 Å². The number of ether oxygens (including phenoxy) is 2. The standard InChI is InChI=1S/C15H18F2O2/c16-14-12(18-9-10-3-1-4-10)7-8-13(15(14)17)19-11-5-2-6-11/h7-8,10-11H,1-6,9H2. The molecule has 104 valence electrons. The minimum Gasteiger partial charge on any atom is -0.490 e. The summed E-state index contributed by atoms with van der Waals surface area (Å²) in [4.78, 5) is 0. The highest BCUT2D eigenvalue weighted by Crippen LogP contribution is 2.33. The lowest BCUT2D eigenvalue weighted by Crippen LogP contribution is -2.25. The van der Waals surface area contributed by atoms with Crippen LogP contribution in [0.5, 0.6) is 11.5 Å². The highest BCUT2D eigenvalue weighted by molar-refractivity contribution is 5.35. The van der Waals surface area contributed by atoms with Crippen molar-refractivity contribution in [2.75, 3.05) is 6.61 Å². The van der Waals surface area contributed by atoms with Gasteiger partial charge in [0.15, 0.2) is 11.5 Å². The summed E-state index contributed by atoms with van der Waals surface area (Å²) in [5, 5.41) is 0. The summed E-state index contributed by atoms with van der Waals surface area (Å²) in [6.07, 6.45) is 6.41. The molecule has 0 unspecified atom stereocenters. The Bertz CT molecular complexity index is 454. The minimum absolute atomic E-state index is 0.00167. The van der Waals surface area contributed by atoms with E-state index >= 15 is 0 Å². The fraction of sp³-hybridized carbons (Fsp3) is 0.600. The molecule has 2 nitrogen and oxygen atoms in total. The Morgan fingerprint density at radius 1 is 0.947 bits per heavy atom. The van der Waals surface area contributed by atoms with Crippen LogP contribution in [0.15, 0.2) is 12.1 Å². The molecular formula is C15H18F2O2. The van der Waals surface area contributed by atoms with Crippen molar-refractivity contribution in [3.05, 3.63) is 23.8 Å². The van der Waals surface area contributed by atoms with Gasteiger partial charge in [-0.05, 0) is 50.2 Å². The van der Waals surface area contributed by atoms with Crippen LogP contribution in [0.2, 0.25) is 0 Å². The van der Waals surface area contributed by atoms with Crippen LogP contribution in [0, 0.1) is 17.6 Å². The molecule has 2 aliphatic rings. The molecule has 0 bridgehead atoms. The maximum Gasteiger partial charge on any atom is 0.204 e. The molecule has 0 aromatic heterocycles. The third-order valence-corrected chi connectivity index (χ3v) is 4.06. The van der Waals surface area contributed by atoms with E-state index < -0.39 is 11.6 Å². The lowest BCUT2D eigenvalue weighted by Gasteiger charge is -2.27. The van der Waals surface area contributed by atoms with Gasteiger partial charge in [-0.2, -0.15) is 8.78 Å². The highest BCUT2D eigenvalue weighted by Gasteiger charge is 2.24. The summed E-state index contributed by atoms with van der Waals surface area (Å²) in [6, 6.07) is 2.93. The maximum absolute atomic E-state index is 13.8. The second-order valence-corrected chi connectivity index (χ2v) is 5.47. The van der Waals surface area contributed by atoms with Gasteiger partial charge in [0.1, 0.15) is 0 Å². The molecule has 1 aromatic carbocycles. The molecule has 4 heteroatoms. The molecule has 0 amide bonds. The van der Waals surface area contributed by atoms with Crippen molar-refractivity contribution in [1.29, 1.82) is 0 Å². The van der Waals surface area contributed by atoms with Crippen LogP contribution < -0.4 is 9.47 Å². The van der Waals surface area contributed by atoms with Crippen LogP contribution in [0.4, 0.5) is 8.78 Å². The Hall–Kier alpha value is -1.32. The van der Waals surface area contributed by atoms with Gasteiger partial charge in [-0.1, -0.05) is 6.42 Å². The molecule has 3 rings (SSSR count). The zero-order valence-corrected chi connectivity index (χ0v) is 10.8. The lowest BCUT2D eigenvalue weighted by molar-refractivity contribution is 0.113. The minimum atomic E-state index is -0.934. The number of benzene rings is 1. The molecular weight excluding hydrogens is 250 g/mol. The van der Waals surface area contributed by atoms with Gasteiger partial charge in [0.05, 0.1) is 12.7 Å². The van der Waals surface area contributed by atoms with Crippen LogP contribution in [-0.4, -0.2) is 12.7 Å². The predicted molar refractivity (Wildman–Crippen MR) is 67.5 cm³/mol. The van der Waals surface area contributed by atoms with E-state index in [-0.39, 0.29) is 17.6 Å². The van der Waals surface area contributed by atoms with Crippen LogP contribution in [0.3, 0.4) is 0 Å². The molecule has 19 heavy (non-hydrogen) atoms. The molecule has 0 N–H and O–H groups in total.